The second-order valence-corrected chi connectivity index (χ2v) is 7.50. The fourth-order valence-electron chi connectivity index (χ4n) is 3.41. The fourth-order valence-corrected chi connectivity index (χ4v) is 3.41. The molecule has 0 saturated heterocycles. The van der Waals surface area contributed by atoms with Crippen molar-refractivity contribution in [2.75, 3.05) is 0 Å². The highest BCUT2D eigenvalue weighted by Crippen LogP contribution is 2.29. The van der Waals surface area contributed by atoms with Crippen molar-refractivity contribution in [1.29, 1.82) is 0 Å². The zero-order chi connectivity index (χ0) is 23.1. The molecule has 166 valence electrons. The van der Waals surface area contributed by atoms with E-state index in [1.165, 1.54) is 0 Å². The van der Waals surface area contributed by atoms with Crippen molar-refractivity contribution in [2.45, 2.75) is 31.5 Å². The minimum absolute atomic E-state index is 0.120. The smallest absolute Gasteiger partial charge is 0.243 e. The van der Waals surface area contributed by atoms with E-state index in [-0.39, 0.29) is 12.0 Å². The molecule has 0 aliphatic rings. The number of carbonyl (C=O) groups excluding carboxylic acids is 2. The van der Waals surface area contributed by atoms with Crippen LogP contribution in [0.2, 0.25) is 0 Å². The van der Waals surface area contributed by atoms with Gasteiger partial charge in [0.1, 0.15) is 11.6 Å². The summed E-state index contributed by atoms with van der Waals surface area (Å²) < 4.78 is 26.6. The molecule has 3 aromatic rings. The van der Waals surface area contributed by atoms with Gasteiger partial charge in [0.15, 0.2) is 0 Å². The molecule has 0 aliphatic carbocycles. The van der Waals surface area contributed by atoms with Crippen molar-refractivity contribution in [1.82, 2.24) is 10.6 Å². The zero-order valence-corrected chi connectivity index (χ0v) is 17.5. The maximum Gasteiger partial charge on any atom is 0.243 e. The molecular formula is C25H24F2N2O3. The summed E-state index contributed by atoms with van der Waals surface area (Å²) in [5.74, 6) is -2.90. The maximum atomic E-state index is 13.3. The Kier molecular flexibility index (Phi) is 7.81. The minimum Gasteiger partial charge on any atom is -0.386 e. The number of amides is 2. The Hall–Kier alpha value is -3.42. The van der Waals surface area contributed by atoms with Crippen LogP contribution >= 0.6 is 0 Å². The van der Waals surface area contributed by atoms with Gasteiger partial charge in [0.2, 0.25) is 11.8 Å². The van der Waals surface area contributed by atoms with Gasteiger partial charge in [-0.3, -0.25) is 20.2 Å². The number of aliphatic hydroxyl groups excluding tert-OH is 1. The van der Waals surface area contributed by atoms with Crippen LogP contribution < -0.4 is 10.6 Å². The van der Waals surface area contributed by atoms with Gasteiger partial charge in [0.05, 0.1) is 24.6 Å². The second-order valence-electron chi connectivity index (χ2n) is 7.50. The number of rotatable bonds is 8. The number of imide groups is 1. The molecular weight excluding hydrogens is 414 g/mol. The summed E-state index contributed by atoms with van der Waals surface area (Å²) in [6, 6.07) is 19.5. The lowest BCUT2D eigenvalue weighted by Gasteiger charge is -2.28. The summed E-state index contributed by atoms with van der Waals surface area (Å²) in [6.45, 7) is 1.57. The predicted octanol–water partition coefficient (Wildman–Crippen LogP) is 3.60. The summed E-state index contributed by atoms with van der Waals surface area (Å²) in [7, 11) is 0. The van der Waals surface area contributed by atoms with Crippen molar-refractivity contribution >= 4 is 11.8 Å². The van der Waals surface area contributed by atoms with Crippen LogP contribution in [-0.4, -0.2) is 23.0 Å². The number of aliphatic hydroxyl groups is 1. The van der Waals surface area contributed by atoms with E-state index in [0.29, 0.717) is 11.6 Å². The predicted molar refractivity (Wildman–Crippen MR) is 116 cm³/mol. The Balaban J connectivity index is 1.69. The number of benzene rings is 3. The third-order valence-corrected chi connectivity index (χ3v) is 4.99. The van der Waals surface area contributed by atoms with Crippen molar-refractivity contribution in [2.24, 2.45) is 0 Å². The average Bonchev–Trinajstić information content (AvgIpc) is 2.77. The Morgan fingerprint density at radius 1 is 0.875 bits per heavy atom. The molecule has 0 saturated carbocycles. The molecule has 3 rings (SSSR count). The van der Waals surface area contributed by atoms with E-state index in [1.54, 1.807) is 19.1 Å². The molecule has 3 aromatic carbocycles. The highest BCUT2D eigenvalue weighted by molar-refractivity contribution is 5.98. The van der Waals surface area contributed by atoms with Crippen LogP contribution in [0.5, 0.6) is 0 Å². The first kappa shape index (κ1) is 23.2. The zero-order valence-electron chi connectivity index (χ0n) is 17.5. The molecule has 7 heteroatoms. The van der Waals surface area contributed by atoms with Gasteiger partial charge in [-0.1, -0.05) is 60.7 Å². The summed E-state index contributed by atoms with van der Waals surface area (Å²) in [5, 5.41) is 16.3. The van der Waals surface area contributed by atoms with Gasteiger partial charge in [-0.05, 0) is 35.7 Å². The molecule has 0 heterocycles. The van der Waals surface area contributed by atoms with E-state index in [1.807, 2.05) is 48.5 Å². The molecule has 3 atom stereocenters. The van der Waals surface area contributed by atoms with Gasteiger partial charge in [-0.25, -0.2) is 8.78 Å². The standard InChI is InChI=1S/C25H24F2N2O3/c1-16(25(32)29-22(30)14-17-12-20(26)15-21(27)13-17)28-23(18-8-4-2-5-9-18)24(31)19-10-6-3-7-11-19/h2-13,15-16,23-24,28,31H,14H2,1H3,(H,29,30,32)/t16-,23-,24+/m0/s1. The number of carbonyl (C=O) groups is 2. The fraction of sp³-hybridized carbons (Fsp3) is 0.200. The number of hydrogen-bond acceptors (Lipinski definition) is 4. The third kappa shape index (κ3) is 6.29. The minimum atomic E-state index is -0.945. The molecule has 2 amide bonds. The lowest BCUT2D eigenvalue weighted by Crippen LogP contribution is -2.47. The van der Waals surface area contributed by atoms with Crippen molar-refractivity contribution in [3.8, 4) is 0 Å². The quantitative estimate of drug-likeness (QED) is 0.502. The van der Waals surface area contributed by atoms with Crippen LogP contribution in [0.1, 0.15) is 35.8 Å². The Morgan fingerprint density at radius 2 is 1.41 bits per heavy atom. The van der Waals surface area contributed by atoms with Crippen LogP contribution in [0.15, 0.2) is 78.9 Å². The second kappa shape index (κ2) is 10.7. The first-order valence-electron chi connectivity index (χ1n) is 10.2. The Labute approximate surface area is 185 Å². The molecule has 3 N–H and O–H groups in total. The van der Waals surface area contributed by atoms with Gasteiger partial charge in [-0.2, -0.15) is 0 Å². The van der Waals surface area contributed by atoms with Gasteiger partial charge in [0.25, 0.3) is 0 Å². The highest BCUT2D eigenvalue weighted by Gasteiger charge is 2.27. The van der Waals surface area contributed by atoms with Crippen LogP contribution in [0, 0.1) is 11.6 Å². The topological polar surface area (TPSA) is 78.4 Å². The van der Waals surface area contributed by atoms with Gasteiger partial charge in [0, 0.05) is 6.07 Å². The summed E-state index contributed by atoms with van der Waals surface area (Å²) in [6.07, 6.45) is -1.29. The van der Waals surface area contributed by atoms with Gasteiger partial charge >= 0.3 is 0 Å². The SMILES string of the molecule is C[C@H](N[C@@H](c1ccccc1)[C@H](O)c1ccccc1)C(=O)NC(=O)Cc1cc(F)cc(F)c1. The molecule has 0 bridgehead atoms. The summed E-state index contributed by atoms with van der Waals surface area (Å²) in [4.78, 5) is 24.8. The third-order valence-electron chi connectivity index (χ3n) is 4.99. The first-order chi connectivity index (χ1) is 15.3. The Morgan fingerprint density at radius 3 is 1.97 bits per heavy atom. The van der Waals surface area contributed by atoms with E-state index < -0.39 is 41.6 Å². The molecule has 0 spiro atoms. The van der Waals surface area contributed by atoms with Gasteiger partial charge in [-0.15, -0.1) is 0 Å². The van der Waals surface area contributed by atoms with E-state index in [4.69, 9.17) is 0 Å². The summed E-state index contributed by atoms with van der Waals surface area (Å²) in [5.41, 5.74) is 1.56. The van der Waals surface area contributed by atoms with Gasteiger partial charge < -0.3 is 5.11 Å². The Bertz CT molecular complexity index is 1040. The molecule has 0 aromatic heterocycles. The monoisotopic (exact) mass is 438 g/mol. The van der Waals surface area contributed by atoms with Crippen LogP contribution in [0.3, 0.4) is 0 Å². The number of hydrogen-bond donors (Lipinski definition) is 3. The van der Waals surface area contributed by atoms with Crippen molar-refractivity contribution in [3.63, 3.8) is 0 Å². The van der Waals surface area contributed by atoms with E-state index in [0.717, 1.165) is 17.7 Å². The van der Waals surface area contributed by atoms with Crippen LogP contribution in [0.4, 0.5) is 8.78 Å². The molecule has 0 unspecified atom stereocenters. The molecule has 0 radical (unpaired) electrons. The van der Waals surface area contributed by atoms with E-state index in [9.17, 15) is 23.5 Å². The maximum absolute atomic E-state index is 13.3. The molecule has 32 heavy (non-hydrogen) atoms. The normalized spacial score (nSPS) is 13.8. The van der Waals surface area contributed by atoms with Crippen LogP contribution in [-0.2, 0) is 16.0 Å². The van der Waals surface area contributed by atoms with Crippen molar-refractivity contribution in [3.05, 3.63) is 107 Å². The van der Waals surface area contributed by atoms with E-state index in [2.05, 4.69) is 10.6 Å². The lowest BCUT2D eigenvalue weighted by molar-refractivity contribution is -0.131. The number of halogens is 2. The molecule has 0 fully saturated rings. The van der Waals surface area contributed by atoms with E-state index >= 15 is 0 Å². The number of nitrogens with one attached hydrogen (secondary N) is 2. The average molecular weight is 438 g/mol. The van der Waals surface area contributed by atoms with Crippen molar-refractivity contribution < 1.29 is 23.5 Å². The first-order valence-corrected chi connectivity index (χ1v) is 10.2. The highest BCUT2D eigenvalue weighted by atomic mass is 19.1. The largest absolute Gasteiger partial charge is 0.386 e. The molecule has 5 nitrogen and oxygen atoms in total. The lowest BCUT2D eigenvalue weighted by atomic mass is 9.95. The van der Waals surface area contributed by atoms with Crippen LogP contribution in [0.25, 0.3) is 0 Å². The molecule has 0 aliphatic heterocycles. The summed E-state index contributed by atoms with van der Waals surface area (Å²) >= 11 is 0.